The molecule has 4 aromatic rings. The molecule has 0 amide bonds. The third kappa shape index (κ3) is 3.45. The van der Waals surface area contributed by atoms with Gasteiger partial charge in [-0.3, -0.25) is 4.98 Å². The molecule has 2 heterocycles. The normalized spacial score (nSPS) is 10.8. The van der Waals surface area contributed by atoms with Crippen LogP contribution in [0, 0.1) is 5.82 Å². The summed E-state index contributed by atoms with van der Waals surface area (Å²) in [6, 6.07) is 16.6. The quantitative estimate of drug-likeness (QED) is 0.598. The van der Waals surface area contributed by atoms with E-state index in [0.29, 0.717) is 16.7 Å². The first-order chi connectivity index (χ1) is 12.3. The fourth-order valence-corrected chi connectivity index (χ4v) is 2.71. The molecule has 1 N–H and O–H groups in total. The number of halogens is 1. The van der Waals surface area contributed by atoms with Crippen LogP contribution in [0.5, 0.6) is 0 Å². The molecule has 0 spiro atoms. The largest absolute Gasteiger partial charge is 0.340 e. The second-order valence-electron chi connectivity index (χ2n) is 5.74. The van der Waals surface area contributed by atoms with Crippen molar-refractivity contribution in [2.75, 3.05) is 5.32 Å². The predicted octanol–water partition coefficient (Wildman–Crippen LogP) is 4.50. The van der Waals surface area contributed by atoms with E-state index in [1.807, 2.05) is 24.3 Å². The van der Waals surface area contributed by atoms with Crippen molar-refractivity contribution in [3.8, 4) is 0 Å². The standard InChI is InChI=1S/C20H15FN4/c21-16-3-6-19-18(12-16)20(24-13-23-19)25-17-4-1-14(2-5-17)11-15-7-9-22-10-8-15/h1-10,12-13H,11H2,(H,23,24,25). The Morgan fingerprint density at radius 2 is 1.60 bits per heavy atom. The van der Waals surface area contributed by atoms with Crippen LogP contribution in [0.3, 0.4) is 0 Å². The molecule has 0 fully saturated rings. The average molecular weight is 330 g/mol. The van der Waals surface area contributed by atoms with Gasteiger partial charge in [-0.25, -0.2) is 14.4 Å². The summed E-state index contributed by atoms with van der Waals surface area (Å²) >= 11 is 0. The van der Waals surface area contributed by atoms with E-state index >= 15 is 0 Å². The van der Waals surface area contributed by atoms with Gasteiger partial charge in [-0.2, -0.15) is 0 Å². The molecule has 0 bridgehead atoms. The summed E-state index contributed by atoms with van der Waals surface area (Å²) in [7, 11) is 0. The number of anilines is 2. The van der Waals surface area contributed by atoms with E-state index in [4.69, 9.17) is 0 Å². The minimum atomic E-state index is -0.307. The molecule has 0 atom stereocenters. The van der Waals surface area contributed by atoms with Gasteiger partial charge in [0.1, 0.15) is 18.0 Å². The van der Waals surface area contributed by atoms with Gasteiger partial charge >= 0.3 is 0 Å². The minimum absolute atomic E-state index is 0.307. The first kappa shape index (κ1) is 15.2. The Hall–Kier alpha value is -3.34. The van der Waals surface area contributed by atoms with Gasteiger partial charge in [-0.1, -0.05) is 12.1 Å². The third-order valence-corrected chi connectivity index (χ3v) is 3.97. The molecule has 0 unspecified atom stereocenters. The predicted molar refractivity (Wildman–Crippen MR) is 96.3 cm³/mol. The fraction of sp³-hybridized carbons (Fsp3) is 0.0500. The molecule has 0 aliphatic heterocycles. The molecular weight excluding hydrogens is 315 g/mol. The highest BCUT2D eigenvalue weighted by molar-refractivity contribution is 5.90. The first-order valence-electron chi connectivity index (χ1n) is 7.93. The number of benzene rings is 2. The number of pyridine rings is 1. The van der Waals surface area contributed by atoms with E-state index in [1.54, 1.807) is 18.5 Å². The van der Waals surface area contributed by atoms with Crippen LogP contribution in [0.15, 0.2) is 73.3 Å². The molecule has 0 saturated carbocycles. The summed E-state index contributed by atoms with van der Waals surface area (Å²) in [5.41, 5.74) is 4.01. The summed E-state index contributed by atoms with van der Waals surface area (Å²) in [6.45, 7) is 0. The molecule has 5 heteroatoms. The van der Waals surface area contributed by atoms with Crippen molar-refractivity contribution in [1.82, 2.24) is 15.0 Å². The van der Waals surface area contributed by atoms with Gasteiger partial charge in [-0.05, 0) is 60.0 Å². The van der Waals surface area contributed by atoms with Crippen molar-refractivity contribution >= 4 is 22.4 Å². The lowest BCUT2D eigenvalue weighted by atomic mass is 10.1. The van der Waals surface area contributed by atoms with Gasteiger partial charge in [0.05, 0.1) is 5.52 Å². The van der Waals surface area contributed by atoms with Gasteiger partial charge in [0, 0.05) is 23.5 Å². The molecule has 2 aromatic heterocycles. The molecule has 25 heavy (non-hydrogen) atoms. The van der Waals surface area contributed by atoms with Crippen molar-refractivity contribution in [2.45, 2.75) is 6.42 Å². The van der Waals surface area contributed by atoms with E-state index < -0.39 is 0 Å². The van der Waals surface area contributed by atoms with Gasteiger partial charge < -0.3 is 5.32 Å². The number of fused-ring (bicyclic) bond motifs is 1. The van der Waals surface area contributed by atoms with Crippen LogP contribution in [0.1, 0.15) is 11.1 Å². The molecular formula is C20H15FN4. The van der Waals surface area contributed by atoms with Crippen LogP contribution in [0.4, 0.5) is 15.9 Å². The zero-order valence-electron chi connectivity index (χ0n) is 13.4. The smallest absolute Gasteiger partial charge is 0.141 e. The summed E-state index contributed by atoms with van der Waals surface area (Å²) in [5.74, 6) is 0.282. The molecule has 0 radical (unpaired) electrons. The van der Waals surface area contributed by atoms with E-state index in [1.165, 1.54) is 29.6 Å². The van der Waals surface area contributed by atoms with E-state index in [-0.39, 0.29) is 5.82 Å². The Morgan fingerprint density at radius 1 is 0.840 bits per heavy atom. The molecule has 122 valence electrons. The molecule has 0 saturated heterocycles. The van der Waals surface area contributed by atoms with E-state index in [2.05, 4.69) is 32.4 Å². The van der Waals surface area contributed by atoms with E-state index in [9.17, 15) is 4.39 Å². The van der Waals surface area contributed by atoms with Crippen LogP contribution in [0.2, 0.25) is 0 Å². The van der Waals surface area contributed by atoms with Gasteiger partial charge in [0.25, 0.3) is 0 Å². The highest BCUT2D eigenvalue weighted by atomic mass is 19.1. The summed E-state index contributed by atoms with van der Waals surface area (Å²) < 4.78 is 13.5. The van der Waals surface area contributed by atoms with Crippen LogP contribution in [0.25, 0.3) is 10.9 Å². The average Bonchev–Trinajstić information content (AvgIpc) is 2.65. The van der Waals surface area contributed by atoms with Crippen molar-refractivity contribution < 1.29 is 4.39 Å². The number of aromatic nitrogens is 3. The molecule has 0 aliphatic rings. The van der Waals surface area contributed by atoms with Crippen LogP contribution < -0.4 is 5.32 Å². The number of nitrogens with one attached hydrogen (secondary N) is 1. The highest BCUT2D eigenvalue weighted by Gasteiger charge is 2.05. The molecule has 0 aliphatic carbocycles. The van der Waals surface area contributed by atoms with Crippen molar-refractivity contribution in [3.63, 3.8) is 0 Å². The number of hydrogen-bond donors (Lipinski definition) is 1. The van der Waals surface area contributed by atoms with Crippen molar-refractivity contribution in [1.29, 1.82) is 0 Å². The first-order valence-corrected chi connectivity index (χ1v) is 7.93. The topological polar surface area (TPSA) is 50.7 Å². The van der Waals surface area contributed by atoms with Crippen molar-refractivity contribution in [2.24, 2.45) is 0 Å². The van der Waals surface area contributed by atoms with Gasteiger partial charge in [0.2, 0.25) is 0 Å². The number of nitrogens with zero attached hydrogens (tertiary/aromatic N) is 3. The lowest BCUT2D eigenvalue weighted by Crippen LogP contribution is -1.97. The summed E-state index contributed by atoms with van der Waals surface area (Å²) in [4.78, 5) is 12.4. The third-order valence-electron chi connectivity index (χ3n) is 3.97. The zero-order chi connectivity index (χ0) is 17.1. The van der Waals surface area contributed by atoms with Crippen LogP contribution >= 0.6 is 0 Å². The summed E-state index contributed by atoms with van der Waals surface area (Å²) in [6.07, 6.45) is 5.92. The van der Waals surface area contributed by atoms with Gasteiger partial charge in [0.15, 0.2) is 0 Å². The molecule has 4 nitrogen and oxygen atoms in total. The Bertz CT molecular complexity index is 1000. The lowest BCUT2D eigenvalue weighted by molar-refractivity contribution is 0.629. The van der Waals surface area contributed by atoms with Crippen LogP contribution in [-0.2, 0) is 6.42 Å². The number of hydrogen-bond acceptors (Lipinski definition) is 4. The van der Waals surface area contributed by atoms with Crippen molar-refractivity contribution in [3.05, 3.63) is 90.3 Å². The Balaban J connectivity index is 1.56. The second kappa shape index (κ2) is 6.65. The van der Waals surface area contributed by atoms with Gasteiger partial charge in [-0.15, -0.1) is 0 Å². The summed E-state index contributed by atoms with van der Waals surface area (Å²) in [5, 5.41) is 3.89. The minimum Gasteiger partial charge on any atom is -0.340 e. The van der Waals surface area contributed by atoms with E-state index in [0.717, 1.165) is 12.1 Å². The Kier molecular flexibility index (Phi) is 4.04. The number of rotatable bonds is 4. The maximum absolute atomic E-state index is 13.5. The SMILES string of the molecule is Fc1ccc2ncnc(Nc3ccc(Cc4ccncc4)cc3)c2c1. The Labute approximate surface area is 144 Å². The maximum atomic E-state index is 13.5. The Morgan fingerprint density at radius 3 is 2.40 bits per heavy atom. The highest BCUT2D eigenvalue weighted by Crippen LogP contribution is 2.24. The fourth-order valence-electron chi connectivity index (χ4n) is 2.71. The van der Waals surface area contributed by atoms with Crippen LogP contribution in [-0.4, -0.2) is 15.0 Å². The second-order valence-corrected chi connectivity index (χ2v) is 5.74. The lowest BCUT2D eigenvalue weighted by Gasteiger charge is -2.09. The molecule has 2 aromatic carbocycles. The zero-order valence-corrected chi connectivity index (χ0v) is 13.4. The monoisotopic (exact) mass is 330 g/mol. The molecule has 4 rings (SSSR count). The maximum Gasteiger partial charge on any atom is 0.141 e.